The number of aromatic nitrogens is 2. The zero-order valence-corrected chi connectivity index (χ0v) is 15.4. The topological polar surface area (TPSA) is 79.3 Å². The molecule has 0 radical (unpaired) electrons. The maximum atomic E-state index is 13.4. The van der Waals surface area contributed by atoms with E-state index in [9.17, 15) is 9.59 Å². The van der Waals surface area contributed by atoms with E-state index in [0.717, 1.165) is 32.4 Å². The summed E-state index contributed by atoms with van der Waals surface area (Å²) in [6, 6.07) is -0.282. The van der Waals surface area contributed by atoms with Gasteiger partial charge in [-0.1, -0.05) is 13.8 Å². The monoisotopic (exact) mass is 347 g/mol. The molecule has 0 aliphatic carbocycles. The van der Waals surface area contributed by atoms with Crippen molar-refractivity contribution in [2.75, 3.05) is 13.1 Å². The van der Waals surface area contributed by atoms with Gasteiger partial charge in [-0.3, -0.25) is 9.69 Å². The highest BCUT2D eigenvalue weighted by atomic mass is 16.2. The molecule has 1 aromatic heterocycles. The minimum absolute atomic E-state index is 0.0759. The number of nitrogens with one attached hydrogen (secondary N) is 2. The fourth-order valence-electron chi connectivity index (χ4n) is 3.96. The lowest BCUT2D eigenvalue weighted by atomic mass is 9.74. The second-order valence-corrected chi connectivity index (χ2v) is 7.70. The molecule has 0 saturated carbocycles. The summed E-state index contributed by atoms with van der Waals surface area (Å²) in [5.74, 6) is 1.32. The first-order chi connectivity index (χ1) is 11.9. The molecule has 2 saturated heterocycles. The Morgan fingerprint density at radius 3 is 2.64 bits per heavy atom. The molecule has 1 unspecified atom stereocenters. The highest BCUT2D eigenvalue weighted by Gasteiger charge is 2.55. The smallest absolute Gasteiger partial charge is 0.325 e. The van der Waals surface area contributed by atoms with Crippen LogP contribution in [0.4, 0.5) is 4.79 Å². The second kappa shape index (κ2) is 7.15. The number of imidazole rings is 1. The Bertz CT molecular complexity index is 635. The van der Waals surface area contributed by atoms with Crippen molar-refractivity contribution >= 4 is 11.9 Å². The van der Waals surface area contributed by atoms with Gasteiger partial charge in [0, 0.05) is 19.4 Å². The Hall–Kier alpha value is -1.89. The first-order valence-electron chi connectivity index (χ1n) is 9.25. The molecule has 0 bridgehead atoms. The van der Waals surface area contributed by atoms with E-state index in [-0.39, 0.29) is 24.4 Å². The highest BCUT2D eigenvalue weighted by molar-refractivity contribution is 6.07. The molecule has 3 heterocycles. The molecule has 2 fully saturated rings. The van der Waals surface area contributed by atoms with Gasteiger partial charge in [-0.15, -0.1) is 0 Å². The van der Waals surface area contributed by atoms with Crippen molar-refractivity contribution in [2.45, 2.75) is 51.6 Å². The molecular weight excluding hydrogens is 318 g/mol. The van der Waals surface area contributed by atoms with Gasteiger partial charge in [-0.05, 0) is 50.6 Å². The predicted octanol–water partition coefficient (Wildman–Crippen LogP) is 1.65. The molecule has 7 nitrogen and oxygen atoms in total. The van der Waals surface area contributed by atoms with Crippen LogP contribution in [0.5, 0.6) is 0 Å². The molecular formula is C18H29N5O2. The Labute approximate surface area is 149 Å². The molecule has 7 heteroatoms. The molecule has 1 atom stereocenters. The number of hydrogen-bond acceptors (Lipinski definition) is 4. The van der Waals surface area contributed by atoms with Crippen molar-refractivity contribution in [2.24, 2.45) is 18.9 Å². The van der Waals surface area contributed by atoms with Gasteiger partial charge in [-0.25, -0.2) is 9.78 Å². The zero-order chi connectivity index (χ0) is 18.0. The molecule has 2 aliphatic rings. The minimum atomic E-state index is -0.755. The predicted molar refractivity (Wildman–Crippen MR) is 94.7 cm³/mol. The highest BCUT2D eigenvalue weighted by Crippen LogP contribution is 2.37. The van der Waals surface area contributed by atoms with E-state index in [0.29, 0.717) is 18.2 Å². The van der Waals surface area contributed by atoms with Gasteiger partial charge >= 0.3 is 6.03 Å². The number of nitrogens with zero attached hydrogens (tertiary/aromatic N) is 3. The van der Waals surface area contributed by atoms with Crippen LogP contribution in [0.25, 0.3) is 0 Å². The van der Waals surface area contributed by atoms with Crippen LogP contribution in [0.2, 0.25) is 0 Å². The summed E-state index contributed by atoms with van der Waals surface area (Å²) in [7, 11) is 1.87. The van der Waals surface area contributed by atoms with Gasteiger partial charge in [0.15, 0.2) is 0 Å². The summed E-state index contributed by atoms with van der Waals surface area (Å²) < 4.78 is 1.85. The summed E-state index contributed by atoms with van der Waals surface area (Å²) in [4.78, 5) is 31.7. The van der Waals surface area contributed by atoms with Crippen molar-refractivity contribution in [3.63, 3.8) is 0 Å². The summed E-state index contributed by atoms with van der Waals surface area (Å²) in [5, 5.41) is 6.45. The van der Waals surface area contributed by atoms with E-state index >= 15 is 0 Å². The van der Waals surface area contributed by atoms with Crippen molar-refractivity contribution in [3.05, 3.63) is 18.2 Å². The van der Waals surface area contributed by atoms with E-state index in [1.165, 1.54) is 4.90 Å². The summed E-state index contributed by atoms with van der Waals surface area (Å²) >= 11 is 0. The third-order valence-corrected chi connectivity index (χ3v) is 5.57. The first kappa shape index (κ1) is 17.9. The lowest BCUT2D eigenvalue weighted by Crippen LogP contribution is -2.56. The van der Waals surface area contributed by atoms with Crippen LogP contribution < -0.4 is 10.6 Å². The van der Waals surface area contributed by atoms with Crippen LogP contribution in [-0.2, 0) is 18.4 Å². The number of piperidine rings is 1. The molecule has 0 spiro atoms. The number of imide groups is 1. The number of carbonyl (C=O) groups is 2. The van der Waals surface area contributed by atoms with E-state index < -0.39 is 5.54 Å². The number of aryl methyl sites for hydroxylation is 1. The van der Waals surface area contributed by atoms with Crippen molar-refractivity contribution in [1.29, 1.82) is 0 Å². The third-order valence-electron chi connectivity index (χ3n) is 5.57. The quantitative estimate of drug-likeness (QED) is 0.767. The van der Waals surface area contributed by atoms with Crippen LogP contribution in [-0.4, -0.2) is 45.0 Å². The molecule has 0 aromatic carbocycles. The molecule has 138 valence electrons. The summed E-state index contributed by atoms with van der Waals surface area (Å²) in [6.45, 7) is 6.34. The van der Waals surface area contributed by atoms with Crippen molar-refractivity contribution in [3.8, 4) is 0 Å². The Morgan fingerprint density at radius 1 is 1.32 bits per heavy atom. The molecule has 3 amide bonds. The number of amides is 3. The molecule has 2 aliphatic heterocycles. The Kier molecular flexibility index (Phi) is 5.13. The van der Waals surface area contributed by atoms with Crippen LogP contribution >= 0.6 is 0 Å². The van der Waals surface area contributed by atoms with Crippen LogP contribution in [0.1, 0.15) is 45.4 Å². The number of rotatable bonds is 6. The Morgan fingerprint density at radius 2 is 2.04 bits per heavy atom. The zero-order valence-electron chi connectivity index (χ0n) is 15.4. The Balaban J connectivity index is 1.85. The lowest BCUT2D eigenvalue weighted by molar-refractivity contribution is -0.134. The maximum Gasteiger partial charge on any atom is 0.325 e. The average Bonchev–Trinajstić information content (AvgIpc) is 3.11. The SMILES string of the molecule is CC(C)CCC1(C2CCNCC2)NC(=O)N(Cc2nccn2C)C1=O. The summed E-state index contributed by atoms with van der Waals surface area (Å²) in [6.07, 6.45) is 6.98. The number of carbonyl (C=O) groups excluding carboxylic acids is 2. The third kappa shape index (κ3) is 3.42. The lowest BCUT2D eigenvalue weighted by Gasteiger charge is -2.38. The van der Waals surface area contributed by atoms with Gasteiger partial charge in [0.2, 0.25) is 0 Å². The van der Waals surface area contributed by atoms with Crippen molar-refractivity contribution < 1.29 is 9.59 Å². The number of urea groups is 1. The minimum Gasteiger partial charge on any atom is -0.337 e. The van der Waals surface area contributed by atoms with Gasteiger partial charge in [0.05, 0.1) is 6.54 Å². The van der Waals surface area contributed by atoms with Crippen LogP contribution in [0.15, 0.2) is 12.4 Å². The number of hydrogen-bond donors (Lipinski definition) is 2. The molecule has 2 N–H and O–H groups in total. The average molecular weight is 347 g/mol. The molecule has 1 aromatic rings. The maximum absolute atomic E-state index is 13.4. The fraction of sp³-hybridized carbons (Fsp3) is 0.722. The summed E-state index contributed by atoms with van der Waals surface area (Å²) in [5.41, 5.74) is -0.755. The van der Waals surface area contributed by atoms with Crippen LogP contribution in [0, 0.1) is 11.8 Å². The second-order valence-electron chi connectivity index (χ2n) is 7.70. The van der Waals surface area contributed by atoms with Crippen LogP contribution in [0.3, 0.4) is 0 Å². The van der Waals surface area contributed by atoms with E-state index in [1.807, 2.05) is 17.8 Å². The first-order valence-corrected chi connectivity index (χ1v) is 9.25. The van der Waals surface area contributed by atoms with E-state index in [1.54, 1.807) is 6.20 Å². The van der Waals surface area contributed by atoms with Gasteiger partial charge in [0.1, 0.15) is 11.4 Å². The van der Waals surface area contributed by atoms with Gasteiger partial charge in [-0.2, -0.15) is 0 Å². The standard InChI is InChI=1S/C18H29N5O2/c1-13(2)4-7-18(14-5-8-19-9-6-14)16(24)23(17(25)21-18)12-15-20-10-11-22(15)3/h10-11,13-14,19H,4-9,12H2,1-3H3,(H,21,25). The molecule has 25 heavy (non-hydrogen) atoms. The van der Waals surface area contributed by atoms with Crippen molar-refractivity contribution in [1.82, 2.24) is 25.1 Å². The molecule has 3 rings (SSSR count). The van der Waals surface area contributed by atoms with Gasteiger partial charge in [0.25, 0.3) is 5.91 Å². The van der Waals surface area contributed by atoms with E-state index in [4.69, 9.17) is 0 Å². The normalized spacial score (nSPS) is 25.0. The largest absolute Gasteiger partial charge is 0.337 e. The van der Waals surface area contributed by atoms with Gasteiger partial charge < -0.3 is 15.2 Å². The fourth-order valence-corrected chi connectivity index (χ4v) is 3.96. The van der Waals surface area contributed by atoms with E-state index in [2.05, 4.69) is 29.5 Å².